The van der Waals surface area contributed by atoms with Crippen LogP contribution in [0.15, 0.2) is 28.9 Å². The van der Waals surface area contributed by atoms with Gasteiger partial charge in [0, 0.05) is 22.7 Å². The highest BCUT2D eigenvalue weighted by Gasteiger charge is 2.53. The first kappa shape index (κ1) is 17.9. The van der Waals surface area contributed by atoms with E-state index in [0.717, 1.165) is 27.8 Å². The number of imide groups is 1. The van der Waals surface area contributed by atoms with E-state index >= 15 is 0 Å². The Labute approximate surface area is 161 Å². The van der Waals surface area contributed by atoms with E-state index < -0.39 is 11.6 Å². The minimum atomic E-state index is -0.821. The average molecular weight is 387 g/mol. The maximum atomic E-state index is 12.9. The Bertz CT molecular complexity index is 910. The van der Waals surface area contributed by atoms with Crippen molar-refractivity contribution in [1.82, 2.24) is 14.8 Å². The van der Waals surface area contributed by atoms with Gasteiger partial charge in [0.25, 0.3) is 5.91 Å². The third-order valence-corrected chi connectivity index (χ3v) is 6.53. The highest BCUT2D eigenvalue weighted by atomic mass is 32.2. The van der Waals surface area contributed by atoms with Crippen molar-refractivity contribution < 1.29 is 18.8 Å². The number of nitrogens with zero attached hydrogens (tertiary/aromatic N) is 2. The van der Waals surface area contributed by atoms with Crippen molar-refractivity contribution in [2.45, 2.75) is 32.4 Å². The van der Waals surface area contributed by atoms with Crippen molar-refractivity contribution in [2.75, 3.05) is 18.1 Å². The number of hydrogen-bond acceptors (Lipinski definition) is 5. The number of urea groups is 1. The van der Waals surface area contributed by atoms with Crippen LogP contribution in [0.25, 0.3) is 0 Å². The number of carbonyl (C=O) groups excluding carboxylic acids is 3. The Morgan fingerprint density at radius 3 is 2.85 bits per heavy atom. The van der Waals surface area contributed by atoms with E-state index in [1.54, 1.807) is 24.1 Å². The second-order valence-electron chi connectivity index (χ2n) is 7.08. The second-order valence-corrected chi connectivity index (χ2v) is 8.18. The second kappa shape index (κ2) is 6.60. The molecule has 3 amide bonds. The first-order chi connectivity index (χ1) is 12.9. The summed E-state index contributed by atoms with van der Waals surface area (Å²) in [6.07, 6.45) is 2.23. The van der Waals surface area contributed by atoms with Crippen molar-refractivity contribution in [3.63, 3.8) is 0 Å². The maximum Gasteiger partial charge on any atom is 0.325 e. The van der Waals surface area contributed by atoms with Crippen molar-refractivity contribution in [3.8, 4) is 0 Å². The summed E-state index contributed by atoms with van der Waals surface area (Å²) in [5, 5.41) is 2.79. The van der Waals surface area contributed by atoms with Crippen molar-refractivity contribution in [1.29, 1.82) is 0 Å². The Hall–Kier alpha value is -2.48. The minimum absolute atomic E-state index is 0.234. The van der Waals surface area contributed by atoms with Gasteiger partial charge in [0.15, 0.2) is 5.78 Å². The van der Waals surface area contributed by atoms with Crippen LogP contribution < -0.4 is 5.32 Å². The number of carbonyl (C=O) groups is 3. The lowest BCUT2D eigenvalue weighted by Crippen LogP contribution is -2.47. The normalized spacial score (nSPS) is 22.1. The van der Waals surface area contributed by atoms with Crippen LogP contribution in [-0.2, 0) is 11.3 Å². The molecule has 142 valence electrons. The molecule has 4 heterocycles. The first-order valence-corrected chi connectivity index (χ1v) is 10.0. The standard InChI is InChI=1S/C19H21N3O4S/c1-12-8-15(13(2)21(12)9-14-4-3-6-26-14)16(23)10-22-17(24)19(20-18(22)25)5-7-27-11-19/h3-4,6,8H,5,7,9-11H2,1-2H3,(H,20,25). The molecule has 2 aliphatic heterocycles. The summed E-state index contributed by atoms with van der Waals surface area (Å²) in [7, 11) is 0. The number of aryl methyl sites for hydroxylation is 1. The number of aromatic nitrogens is 1. The van der Waals surface area contributed by atoms with E-state index in [0.29, 0.717) is 24.3 Å². The lowest BCUT2D eigenvalue weighted by Gasteiger charge is -2.19. The number of furan rings is 1. The zero-order chi connectivity index (χ0) is 19.2. The topological polar surface area (TPSA) is 84.5 Å². The molecule has 1 unspecified atom stereocenters. The predicted molar refractivity (Wildman–Crippen MR) is 101 cm³/mol. The number of hydrogen-bond donors (Lipinski definition) is 1. The molecule has 7 nitrogen and oxygen atoms in total. The van der Waals surface area contributed by atoms with Crippen LogP contribution in [0.3, 0.4) is 0 Å². The smallest absolute Gasteiger partial charge is 0.325 e. The van der Waals surface area contributed by atoms with E-state index in [1.807, 2.05) is 30.5 Å². The van der Waals surface area contributed by atoms with E-state index in [-0.39, 0.29) is 18.2 Å². The summed E-state index contributed by atoms with van der Waals surface area (Å²) in [5.41, 5.74) is 1.43. The van der Waals surface area contributed by atoms with Gasteiger partial charge in [-0.2, -0.15) is 11.8 Å². The van der Waals surface area contributed by atoms with Gasteiger partial charge in [-0.3, -0.25) is 14.5 Å². The van der Waals surface area contributed by atoms with Crippen LogP contribution in [0.4, 0.5) is 4.79 Å². The molecule has 0 saturated carbocycles. The summed E-state index contributed by atoms with van der Waals surface area (Å²) in [5.74, 6) is 1.68. The van der Waals surface area contributed by atoms with Crippen LogP contribution in [0, 0.1) is 13.8 Å². The van der Waals surface area contributed by atoms with Gasteiger partial charge < -0.3 is 14.3 Å². The molecule has 2 saturated heterocycles. The number of amides is 3. The van der Waals surface area contributed by atoms with Gasteiger partial charge in [-0.05, 0) is 44.2 Å². The average Bonchev–Trinajstić information content (AvgIpc) is 3.40. The molecular weight excluding hydrogens is 366 g/mol. The lowest BCUT2D eigenvalue weighted by atomic mass is 9.99. The summed E-state index contributed by atoms with van der Waals surface area (Å²) < 4.78 is 7.39. The summed E-state index contributed by atoms with van der Waals surface area (Å²) in [6, 6.07) is 5.04. The Morgan fingerprint density at radius 1 is 1.37 bits per heavy atom. The molecule has 2 aromatic heterocycles. The highest BCUT2D eigenvalue weighted by Crippen LogP contribution is 2.33. The third kappa shape index (κ3) is 2.97. The van der Waals surface area contributed by atoms with Gasteiger partial charge in [-0.1, -0.05) is 0 Å². The first-order valence-electron chi connectivity index (χ1n) is 8.85. The van der Waals surface area contributed by atoms with Gasteiger partial charge in [-0.15, -0.1) is 0 Å². The molecule has 2 aliphatic rings. The zero-order valence-electron chi connectivity index (χ0n) is 15.3. The third-order valence-electron chi connectivity index (χ3n) is 5.34. The molecule has 27 heavy (non-hydrogen) atoms. The SMILES string of the molecule is Cc1cc(C(=O)CN2C(=O)NC3(CCSC3)C2=O)c(C)n1Cc1ccco1. The van der Waals surface area contributed by atoms with Gasteiger partial charge in [-0.25, -0.2) is 4.79 Å². The maximum absolute atomic E-state index is 12.9. The highest BCUT2D eigenvalue weighted by molar-refractivity contribution is 7.99. The molecular formula is C19H21N3O4S. The van der Waals surface area contributed by atoms with Gasteiger partial charge >= 0.3 is 6.03 Å². The van der Waals surface area contributed by atoms with Crippen LogP contribution in [0.5, 0.6) is 0 Å². The summed E-state index contributed by atoms with van der Waals surface area (Å²) in [4.78, 5) is 39.0. The van der Waals surface area contributed by atoms with Crippen molar-refractivity contribution in [3.05, 3.63) is 47.2 Å². The molecule has 2 fully saturated rings. The molecule has 1 atom stereocenters. The predicted octanol–water partition coefficient (Wildman–Crippen LogP) is 2.36. The largest absolute Gasteiger partial charge is 0.467 e. The Balaban J connectivity index is 1.53. The Kier molecular flexibility index (Phi) is 4.38. The monoisotopic (exact) mass is 387 g/mol. The lowest BCUT2D eigenvalue weighted by molar-refractivity contribution is -0.130. The quantitative estimate of drug-likeness (QED) is 0.629. The zero-order valence-corrected chi connectivity index (χ0v) is 16.1. The molecule has 2 aromatic rings. The Morgan fingerprint density at radius 2 is 2.19 bits per heavy atom. The molecule has 4 rings (SSSR count). The molecule has 0 radical (unpaired) electrons. The summed E-state index contributed by atoms with van der Waals surface area (Å²) in [6.45, 7) is 4.08. The van der Waals surface area contributed by atoms with E-state index in [9.17, 15) is 14.4 Å². The molecule has 1 N–H and O–H groups in total. The van der Waals surface area contributed by atoms with E-state index in [2.05, 4.69) is 5.32 Å². The van der Waals surface area contributed by atoms with Crippen LogP contribution in [0.1, 0.15) is 33.9 Å². The van der Waals surface area contributed by atoms with Gasteiger partial charge in [0.05, 0.1) is 19.4 Å². The minimum Gasteiger partial charge on any atom is -0.467 e. The van der Waals surface area contributed by atoms with Crippen molar-refractivity contribution in [2.24, 2.45) is 0 Å². The fourth-order valence-electron chi connectivity index (χ4n) is 3.77. The van der Waals surface area contributed by atoms with Gasteiger partial charge in [0.1, 0.15) is 11.3 Å². The molecule has 0 aromatic carbocycles. The number of Topliss-reactive ketones (excluding diaryl/α,β-unsaturated/α-hetero) is 1. The number of thioether (sulfide) groups is 1. The van der Waals surface area contributed by atoms with Crippen molar-refractivity contribution >= 4 is 29.5 Å². The number of ketones is 1. The van der Waals surface area contributed by atoms with Crippen LogP contribution >= 0.6 is 11.8 Å². The molecule has 0 aliphatic carbocycles. The van der Waals surface area contributed by atoms with E-state index in [1.165, 1.54) is 0 Å². The number of rotatable bonds is 5. The molecule has 1 spiro atoms. The fraction of sp³-hybridized carbons (Fsp3) is 0.421. The number of nitrogens with one attached hydrogen (secondary N) is 1. The van der Waals surface area contributed by atoms with Gasteiger partial charge in [0.2, 0.25) is 0 Å². The molecule has 0 bridgehead atoms. The molecule has 8 heteroatoms. The summed E-state index contributed by atoms with van der Waals surface area (Å²) >= 11 is 1.64. The van der Waals surface area contributed by atoms with E-state index in [4.69, 9.17) is 4.42 Å². The fourth-order valence-corrected chi connectivity index (χ4v) is 5.09. The van der Waals surface area contributed by atoms with Crippen LogP contribution in [0.2, 0.25) is 0 Å². The van der Waals surface area contributed by atoms with Crippen LogP contribution in [-0.4, -0.2) is 50.8 Å².